The zero-order chi connectivity index (χ0) is 18.8. The second kappa shape index (κ2) is 7.04. The number of benzene rings is 1. The molecule has 0 bridgehead atoms. The molecule has 0 atom stereocenters. The number of nitrogens with zero attached hydrogens (tertiary/aromatic N) is 2. The van der Waals surface area contributed by atoms with Crippen molar-refractivity contribution >= 4 is 11.9 Å². The third-order valence-electron chi connectivity index (χ3n) is 3.94. The summed E-state index contributed by atoms with van der Waals surface area (Å²) >= 11 is 0. The van der Waals surface area contributed by atoms with Crippen molar-refractivity contribution in [1.29, 1.82) is 0 Å². The first-order valence-corrected chi connectivity index (χ1v) is 8.08. The van der Waals surface area contributed by atoms with E-state index in [1.54, 1.807) is 12.1 Å². The first-order valence-electron chi connectivity index (χ1n) is 8.08. The molecule has 2 aromatic heterocycles. The number of hydrogen-bond acceptors (Lipinski definition) is 7. The Morgan fingerprint density at radius 1 is 1.30 bits per heavy atom. The lowest BCUT2D eigenvalue weighted by Crippen LogP contribution is -2.25. The molecule has 0 unspecified atom stereocenters. The number of furan rings is 1. The molecular weight excluding hydrogens is 355 g/mol. The molecule has 0 fully saturated rings. The van der Waals surface area contributed by atoms with Crippen LogP contribution in [0, 0.1) is 5.82 Å². The number of carbonyl (C=O) groups excluding carboxylic acids is 1. The molecule has 0 saturated carbocycles. The van der Waals surface area contributed by atoms with E-state index in [9.17, 15) is 9.18 Å². The first-order chi connectivity index (χ1) is 13.1. The third kappa shape index (κ3) is 3.58. The average Bonchev–Trinajstić information content (AvgIpc) is 3.20. The van der Waals surface area contributed by atoms with E-state index in [0.29, 0.717) is 28.3 Å². The SMILES string of the molecule is Nc1nc(C(=O)NCc2cc(F)cc3c2OCOC3)cc(-c2ccco2)n1. The highest BCUT2D eigenvalue weighted by Crippen LogP contribution is 2.29. The predicted molar refractivity (Wildman–Crippen MR) is 92.0 cm³/mol. The number of aromatic nitrogens is 2. The molecule has 4 rings (SSSR count). The van der Waals surface area contributed by atoms with Crippen LogP contribution in [0.15, 0.2) is 41.0 Å². The quantitative estimate of drug-likeness (QED) is 0.724. The normalized spacial score (nSPS) is 12.9. The molecule has 0 spiro atoms. The van der Waals surface area contributed by atoms with Crippen molar-refractivity contribution in [2.24, 2.45) is 0 Å². The monoisotopic (exact) mass is 370 g/mol. The Morgan fingerprint density at radius 3 is 3.00 bits per heavy atom. The fourth-order valence-electron chi connectivity index (χ4n) is 2.79. The van der Waals surface area contributed by atoms with Gasteiger partial charge in [0.05, 0.1) is 12.9 Å². The fraction of sp³-hybridized carbons (Fsp3) is 0.167. The molecule has 1 aromatic carbocycles. The summed E-state index contributed by atoms with van der Waals surface area (Å²) in [4.78, 5) is 20.5. The van der Waals surface area contributed by atoms with E-state index in [-0.39, 0.29) is 31.6 Å². The number of nitrogen functional groups attached to an aromatic ring is 1. The van der Waals surface area contributed by atoms with Crippen molar-refractivity contribution in [3.63, 3.8) is 0 Å². The van der Waals surface area contributed by atoms with Gasteiger partial charge in [-0.05, 0) is 30.3 Å². The first kappa shape index (κ1) is 17.0. The molecule has 0 saturated heterocycles. The Labute approximate surface area is 153 Å². The molecule has 3 heterocycles. The number of anilines is 1. The molecule has 0 aliphatic carbocycles. The Balaban J connectivity index is 1.55. The van der Waals surface area contributed by atoms with Crippen LogP contribution in [-0.4, -0.2) is 22.7 Å². The van der Waals surface area contributed by atoms with Crippen LogP contribution >= 0.6 is 0 Å². The maximum absolute atomic E-state index is 13.8. The summed E-state index contributed by atoms with van der Waals surface area (Å²) in [7, 11) is 0. The van der Waals surface area contributed by atoms with Crippen LogP contribution < -0.4 is 15.8 Å². The van der Waals surface area contributed by atoms with Gasteiger partial charge >= 0.3 is 0 Å². The lowest BCUT2D eigenvalue weighted by atomic mass is 10.1. The number of nitrogens with two attached hydrogens (primary N) is 1. The highest BCUT2D eigenvalue weighted by atomic mass is 19.1. The number of rotatable bonds is 4. The van der Waals surface area contributed by atoms with Gasteiger partial charge in [0.15, 0.2) is 12.6 Å². The summed E-state index contributed by atoms with van der Waals surface area (Å²) in [5.74, 6) is 0.00491. The van der Waals surface area contributed by atoms with Crippen molar-refractivity contribution in [3.8, 4) is 17.2 Å². The third-order valence-corrected chi connectivity index (χ3v) is 3.94. The van der Waals surface area contributed by atoms with Gasteiger partial charge in [-0.1, -0.05) is 0 Å². The molecule has 3 N–H and O–H groups in total. The minimum absolute atomic E-state index is 0.0545. The summed E-state index contributed by atoms with van der Waals surface area (Å²) in [6, 6.07) is 7.52. The van der Waals surface area contributed by atoms with E-state index < -0.39 is 11.7 Å². The van der Waals surface area contributed by atoms with Crippen molar-refractivity contribution in [3.05, 3.63) is 59.2 Å². The summed E-state index contributed by atoms with van der Waals surface area (Å²) in [6.45, 7) is 0.385. The summed E-state index contributed by atoms with van der Waals surface area (Å²) in [6.07, 6.45) is 1.49. The number of halogens is 1. The van der Waals surface area contributed by atoms with E-state index in [1.165, 1.54) is 24.5 Å². The number of amides is 1. The lowest BCUT2D eigenvalue weighted by molar-refractivity contribution is -0.0173. The molecule has 1 amide bonds. The summed E-state index contributed by atoms with van der Waals surface area (Å²) in [5.41, 5.74) is 7.26. The Morgan fingerprint density at radius 2 is 2.19 bits per heavy atom. The van der Waals surface area contributed by atoms with Crippen molar-refractivity contribution in [1.82, 2.24) is 15.3 Å². The Hall–Kier alpha value is -3.46. The molecule has 1 aliphatic rings. The number of nitrogens with one attached hydrogen (secondary N) is 1. The standard InChI is InChI=1S/C18H15FN4O4/c19-12-4-10(16-11(5-12)8-25-9-27-16)7-21-17(24)14-6-13(22-18(20)23-14)15-2-1-3-26-15/h1-6H,7-9H2,(H,21,24)(H2,20,22,23). The molecule has 27 heavy (non-hydrogen) atoms. The van der Waals surface area contributed by atoms with Crippen molar-refractivity contribution in [2.75, 3.05) is 12.5 Å². The van der Waals surface area contributed by atoms with Crippen LogP contribution in [0.3, 0.4) is 0 Å². The Kier molecular flexibility index (Phi) is 4.43. The maximum atomic E-state index is 13.8. The van der Waals surface area contributed by atoms with Gasteiger partial charge in [-0.15, -0.1) is 0 Å². The topological polar surface area (TPSA) is 112 Å². The zero-order valence-electron chi connectivity index (χ0n) is 14.1. The molecule has 9 heteroatoms. The molecule has 1 aliphatic heterocycles. The van der Waals surface area contributed by atoms with E-state index in [4.69, 9.17) is 19.6 Å². The van der Waals surface area contributed by atoms with E-state index in [0.717, 1.165) is 0 Å². The average molecular weight is 370 g/mol. The van der Waals surface area contributed by atoms with Gasteiger partial charge in [0.1, 0.15) is 23.0 Å². The fourth-order valence-corrected chi connectivity index (χ4v) is 2.79. The molecular formula is C18H15FN4O4. The van der Waals surface area contributed by atoms with Gasteiger partial charge in [0.2, 0.25) is 5.95 Å². The minimum Gasteiger partial charge on any atom is -0.467 e. The van der Waals surface area contributed by atoms with E-state index in [2.05, 4.69) is 15.3 Å². The van der Waals surface area contributed by atoms with Gasteiger partial charge in [-0.25, -0.2) is 14.4 Å². The van der Waals surface area contributed by atoms with Crippen LogP contribution in [0.1, 0.15) is 21.6 Å². The highest BCUT2D eigenvalue weighted by molar-refractivity contribution is 5.93. The van der Waals surface area contributed by atoms with Crippen LogP contribution in [-0.2, 0) is 17.9 Å². The Bertz CT molecular complexity index is 991. The zero-order valence-corrected chi connectivity index (χ0v) is 14.1. The number of fused-ring (bicyclic) bond motifs is 1. The molecule has 3 aromatic rings. The number of hydrogen-bond donors (Lipinski definition) is 2. The van der Waals surface area contributed by atoms with Crippen LogP contribution in [0.2, 0.25) is 0 Å². The second-order valence-electron chi connectivity index (χ2n) is 5.82. The van der Waals surface area contributed by atoms with E-state index >= 15 is 0 Å². The maximum Gasteiger partial charge on any atom is 0.270 e. The summed E-state index contributed by atoms with van der Waals surface area (Å²) in [5, 5.41) is 2.69. The number of carbonyl (C=O) groups is 1. The van der Waals surface area contributed by atoms with Gasteiger partial charge in [-0.2, -0.15) is 0 Å². The molecule has 0 radical (unpaired) electrons. The van der Waals surface area contributed by atoms with Crippen molar-refractivity contribution < 1.29 is 23.1 Å². The van der Waals surface area contributed by atoms with Gasteiger partial charge in [0, 0.05) is 17.7 Å². The molecule has 8 nitrogen and oxygen atoms in total. The summed E-state index contributed by atoms with van der Waals surface area (Å²) < 4.78 is 29.6. The van der Waals surface area contributed by atoms with Crippen LogP contribution in [0.5, 0.6) is 5.75 Å². The van der Waals surface area contributed by atoms with Crippen LogP contribution in [0.25, 0.3) is 11.5 Å². The highest BCUT2D eigenvalue weighted by Gasteiger charge is 2.18. The van der Waals surface area contributed by atoms with Gasteiger partial charge < -0.3 is 24.9 Å². The second-order valence-corrected chi connectivity index (χ2v) is 5.82. The number of ether oxygens (including phenoxy) is 2. The van der Waals surface area contributed by atoms with Crippen molar-refractivity contribution in [2.45, 2.75) is 13.2 Å². The molecule has 138 valence electrons. The largest absolute Gasteiger partial charge is 0.467 e. The van der Waals surface area contributed by atoms with E-state index in [1.807, 2.05) is 0 Å². The van der Waals surface area contributed by atoms with Crippen LogP contribution in [0.4, 0.5) is 10.3 Å². The minimum atomic E-state index is -0.484. The van der Waals surface area contributed by atoms with Gasteiger partial charge in [0.25, 0.3) is 5.91 Å². The lowest BCUT2D eigenvalue weighted by Gasteiger charge is -2.21. The van der Waals surface area contributed by atoms with Gasteiger partial charge in [-0.3, -0.25) is 4.79 Å². The smallest absolute Gasteiger partial charge is 0.270 e. The predicted octanol–water partition coefficient (Wildman–Crippen LogP) is 2.25.